The zero-order chi connectivity index (χ0) is 13.7. The molecule has 1 aromatic heterocycles. The average Bonchev–Trinajstić information content (AvgIpc) is 2.89. The minimum absolute atomic E-state index is 0.0703. The largest absolute Gasteiger partial charge is 0.380 e. The zero-order valence-corrected chi connectivity index (χ0v) is 11.2. The van der Waals surface area contributed by atoms with Crippen LogP contribution in [0.2, 0.25) is 0 Å². The number of nitrogens with one attached hydrogen (secondary N) is 2. The summed E-state index contributed by atoms with van der Waals surface area (Å²) >= 11 is 1.51. The van der Waals surface area contributed by atoms with E-state index < -0.39 is 0 Å². The van der Waals surface area contributed by atoms with Crippen LogP contribution in [0.25, 0.3) is 0 Å². The lowest BCUT2D eigenvalue weighted by molar-refractivity contribution is -0.383. The van der Waals surface area contributed by atoms with Gasteiger partial charge in [-0.3, -0.25) is 10.1 Å². The topological polar surface area (TPSA) is 80.1 Å². The standard InChI is InChI=1S/C12H14N4O2S/c1-2-13-9-4-3-5-10(12(9)16(17)18)15-8-11-14-6-7-19-11/h3-7,13,15H,2,8H2,1H3. The van der Waals surface area contributed by atoms with E-state index in [4.69, 9.17) is 0 Å². The molecule has 2 aromatic rings. The monoisotopic (exact) mass is 278 g/mol. The second kappa shape index (κ2) is 6.14. The highest BCUT2D eigenvalue weighted by molar-refractivity contribution is 7.09. The quantitative estimate of drug-likeness (QED) is 0.627. The molecule has 6 nitrogen and oxygen atoms in total. The molecule has 0 fully saturated rings. The van der Waals surface area contributed by atoms with Gasteiger partial charge in [-0.05, 0) is 19.1 Å². The van der Waals surface area contributed by atoms with Crippen molar-refractivity contribution in [1.29, 1.82) is 0 Å². The Kier molecular flexibility index (Phi) is 4.30. The molecule has 0 spiro atoms. The molecule has 100 valence electrons. The van der Waals surface area contributed by atoms with Crippen molar-refractivity contribution < 1.29 is 4.92 Å². The van der Waals surface area contributed by atoms with Crippen LogP contribution in [0.15, 0.2) is 29.8 Å². The van der Waals surface area contributed by atoms with Crippen molar-refractivity contribution >= 4 is 28.4 Å². The summed E-state index contributed by atoms with van der Waals surface area (Å²) in [5.74, 6) is 0. The van der Waals surface area contributed by atoms with Crippen LogP contribution in [0.4, 0.5) is 17.1 Å². The molecule has 0 unspecified atom stereocenters. The van der Waals surface area contributed by atoms with E-state index in [-0.39, 0.29) is 10.6 Å². The van der Waals surface area contributed by atoms with Crippen LogP contribution in [-0.2, 0) is 6.54 Å². The summed E-state index contributed by atoms with van der Waals surface area (Å²) in [6.07, 6.45) is 1.71. The van der Waals surface area contributed by atoms with Crippen molar-refractivity contribution in [2.24, 2.45) is 0 Å². The summed E-state index contributed by atoms with van der Waals surface area (Å²) in [6.45, 7) is 3.02. The number of nitro groups is 1. The average molecular weight is 278 g/mol. The Morgan fingerprint density at radius 2 is 2.11 bits per heavy atom. The van der Waals surface area contributed by atoms with E-state index in [1.165, 1.54) is 11.3 Å². The Morgan fingerprint density at radius 3 is 2.68 bits per heavy atom. The molecule has 0 bridgehead atoms. The Labute approximate surface area is 114 Å². The predicted octanol–water partition coefficient (Wildman–Crippen LogP) is 3.10. The molecule has 0 radical (unpaired) electrons. The van der Waals surface area contributed by atoms with Crippen LogP contribution in [0.3, 0.4) is 0 Å². The maximum atomic E-state index is 11.2. The fourth-order valence-corrected chi connectivity index (χ4v) is 2.28. The van der Waals surface area contributed by atoms with Crippen molar-refractivity contribution in [3.8, 4) is 0 Å². The van der Waals surface area contributed by atoms with Crippen molar-refractivity contribution in [2.75, 3.05) is 17.2 Å². The van der Waals surface area contributed by atoms with Crippen LogP contribution in [0.5, 0.6) is 0 Å². The van der Waals surface area contributed by atoms with E-state index in [9.17, 15) is 10.1 Å². The first-order chi connectivity index (χ1) is 9.22. The number of para-hydroxylation sites is 1. The van der Waals surface area contributed by atoms with E-state index in [0.717, 1.165) is 5.01 Å². The van der Waals surface area contributed by atoms with Crippen LogP contribution >= 0.6 is 11.3 Å². The smallest absolute Gasteiger partial charge is 0.315 e. The van der Waals surface area contributed by atoms with Gasteiger partial charge >= 0.3 is 5.69 Å². The lowest BCUT2D eigenvalue weighted by atomic mass is 10.2. The summed E-state index contributed by atoms with van der Waals surface area (Å²) in [5, 5.41) is 20.0. The van der Waals surface area contributed by atoms with Gasteiger partial charge in [-0.25, -0.2) is 4.98 Å². The van der Waals surface area contributed by atoms with Crippen molar-refractivity contribution in [2.45, 2.75) is 13.5 Å². The molecule has 0 aliphatic heterocycles. The maximum Gasteiger partial charge on any atom is 0.315 e. The number of nitro benzene ring substituents is 1. The Balaban J connectivity index is 2.23. The lowest BCUT2D eigenvalue weighted by Crippen LogP contribution is -2.06. The molecule has 0 amide bonds. The molecule has 0 atom stereocenters. The molecule has 19 heavy (non-hydrogen) atoms. The SMILES string of the molecule is CCNc1cccc(NCc2nccs2)c1[N+](=O)[O-]. The zero-order valence-electron chi connectivity index (χ0n) is 10.4. The Bertz CT molecular complexity index is 557. The number of nitrogens with zero attached hydrogens (tertiary/aromatic N) is 2. The molecule has 2 rings (SSSR count). The van der Waals surface area contributed by atoms with Crippen LogP contribution in [-0.4, -0.2) is 16.5 Å². The molecular formula is C12H14N4O2S. The van der Waals surface area contributed by atoms with E-state index >= 15 is 0 Å². The van der Waals surface area contributed by atoms with Gasteiger partial charge in [0, 0.05) is 18.1 Å². The molecular weight excluding hydrogens is 264 g/mol. The van der Waals surface area contributed by atoms with Gasteiger partial charge in [-0.15, -0.1) is 11.3 Å². The second-order valence-electron chi connectivity index (χ2n) is 3.77. The summed E-state index contributed by atoms with van der Waals surface area (Å²) in [4.78, 5) is 15.0. The van der Waals surface area contributed by atoms with Gasteiger partial charge in [0.1, 0.15) is 16.4 Å². The number of hydrogen-bond acceptors (Lipinski definition) is 6. The van der Waals surface area contributed by atoms with E-state index in [1.807, 2.05) is 12.3 Å². The third-order valence-electron chi connectivity index (χ3n) is 2.50. The van der Waals surface area contributed by atoms with Gasteiger partial charge in [0.05, 0.1) is 11.5 Å². The van der Waals surface area contributed by atoms with Crippen molar-refractivity contribution in [1.82, 2.24) is 4.98 Å². The maximum absolute atomic E-state index is 11.2. The van der Waals surface area contributed by atoms with E-state index in [0.29, 0.717) is 24.5 Å². The molecule has 0 saturated heterocycles. The normalized spacial score (nSPS) is 10.2. The molecule has 2 N–H and O–H groups in total. The predicted molar refractivity (Wildman–Crippen MR) is 76.7 cm³/mol. The van der Waals surface area contributed by atoms with Gasteiger partial charge in [0.15, 0.2) is 0 Å². The first-order valence-electron chi connectivity index (χ1n) is 5.86. The first kappa shape index (κ1) is 13.3. The third-order valence-corrected chi connectivity index (χ3v) is 3.28. The molecule has 1 aromatic carbocycles. The van der Waals surface area contributed by atoms with Gasteiger partial charge in [0.2, 0.25) is 0 Å². The fourth-order valence-electron chi connectivity index (χ4n) is 1.73. The number of anilines is 2. The molecule has 0 aliphatic rings. The number of hydrogen-bond donors (Lipinski definition) is 2. The highest BCUT2D eigenvalue weighted by Gasteiger charge is 2.19. The van der Waals surface area contributed by atoms with Gasteiger partial charge in [-0.2, -0.15) is 0 Å². The van der Waals surface area contributed by atoms with E-state index in [1.54, 1.807) is 24.4 Å². The highest BCUT2D eigenvalue weighted by atomic mass is 32.1. The molecule has 0 saturated carbocycles. The molecule has 0 aliphatic carbocycles. The van der Waals surface area contributed by atoms with Crippen LogP contribution < -0.4 is 10.6 Å². The minimum Gasteiger partial charge on any atom is -0.380 e. The molecule has 1 heterocycles. The molecule has 7 heteroatoms. The summed E-state index contributed by atoms with van der Waals surface area (Å²) in [6, 6.07) is 5.19. The Hall–Kier alpha value is -2.15. The van der Waals surface area contributed by atoms with Crippen LogP contribution in [0, 0.1) is 10.1 Å². The fraction of sp³-hybridized carbons (Fsp3) is 0.250. The van der Waals surface area contributed by atoms with Crippen LogP contribution in [0.1, 0.15) is 11.9 Å². The number of benzene rings is 1. The second-order valence-corrected chi connectivity index (χ2v) is 4.75. The first-order valence-corrected chi connectivity index (χ1v) is 6.74. The summed E-state index contributed by atoms with van der Waals surface area (Å²) in [5.41, 5.74) is 1.09. The number of rotatable bonds is 6. The number of aromatic nitrogens is 1. The highest BCUT2D eigenvalue weighted by Crippen LogP contribution is 2.33. The van der Waals surface area contributed by atoms with Gasteiger partial charge in [0.25, 0.3) is 0 Å². The minimum atomic E-state index is -0.373. The van der Waals surface area contributed by atoms with E-state index in [2.05, 4.69) is 15.6 Å². The van der Waals surface area contributed by atoms with Gasteiger partial charge in [-0.1, -0.05) is 6.07 Å². The van der Waals surface area contributed by atoms with Gasteiger partial charge < -0.3 is 10.6 Å². The third kappa shape index (κ3) is 3.19. The number of thiazole rings is 1. The lowest BCUT2D eigenvalue weighted by Gasteiger charge is -2.09. The Morgan fingerprint density at radius 1 is 1.37 bits per heavy atom. The van der Waals surface area contributed by atoms with Crippen molar-refractivity contribution in [3.05, 3.63) is 44.9 Å². The summed E-state index contributed by atoms with van der Waals surface area (Å²) in [7, 11) is 0. The summed E-state index contributed by atoms with van der Waals surface area (Å²) < 4.78 is 0. The van der Waals surface area contributed by atoms with Crippen molar-refractivity contribution in [3.63, 3.8) is 0 Å².